The van der Waals surface area contributed by atoms with Crippen molar-refractivity contribution >= 4 is 11.9 Å². The highest BCUT2D eigenvalue weighted by Gasteiger charge is 2.15. The van der Waals surface area contributed by atoms with E-state index >= 15 is 0 Å². The van der Waals surface area contributed by atoms with Crippen molar-refractivity contribution in [2.24, 2.45) is 0 Å². The van der Waals surface area contributed by atoms with Crippen molar-refractivity contribution in [1.29, 1.82) is 0 Å². The van der Waals surface area contributed by atoms with Gasteiger partial charge in [-0.15, -0.1) is 0 Å². The van der Waals surface area contributed by atoms with Gasteiger partial charge in [-0.2, -0.15) is 0 Å². The summed E-state index contributed by atoms with van der Waals surface area (Å²) in [5.74, 6) is 0.886. The Balaban J connectivity index is 1.45. The van der Waals surface area contributed by atoms with E-state index in [0.29, 0.717) is 17.2 Å². The van der Waals surface area contributed by atoms with E-state index in [0.717, 1.165) is 0 Å². The van der Waals surface area contributed by atoms with Gasteiger partial charge < -0.3 is 23.9 Å². The van der Waals surface area contributed by atoms with E-state index in [1.807, 2.05) is 0 Å². The number of hydrogen-bond donors (Lipinski definition) is 1. The summed E-state index contributed by atoms with van der Waals surface area (Å²) in [6.45, 7) is 0.314. The average molecular weight is 303 g/mol. The van der Waals surface area contributed by atoms with Crippen molar-refractivity contribution in [2.75, 3.05) is 13.3 Å². The molecule has 1 aromatic heterocycles. The summed E-state index contributed by atoms with van der Waals surface area (Å²) in [5, 5.41) is 2.57. The number of hydrogen-bond acceptors (Lipinski definition) is 6. The van der Waals surface area contributed by atoms with Crippen molar-refractivity contribution in [2.45, 2.75) is 6.42 Å². The third-order valence-corrected chi connectivity index (χ3v) is 2.94. The highest BCUT2D eigenvalue weighted by Crippen LogP contribution is 2.35. The van der Waals surface area contributed by atoms with Crippen LogP contribution in [0.5, 0.6) is 17.2 Å². The molecule has 22 heavy (non-hydrogen) atoms. The van der Waals surface area contributed by atoms with E-state index in [1.165, 1.54) is 6.26 Å². The van der Waals surface area contributed by atoms with Gasteiger partial charge in [0.15, 0.2) is 17.3 Å². The Labute approximate surface area is 125 Å². The van der Waals surface area contributed by atoms with Crippen LogP contribution in [0, 0.1) is 0 Å². The van der Waals surface area contributed by atoms with Crippen molar-refractivity contribution in [3.63, 3.8) is 0 Å². The second-order valence-electron chi connectivity index (χ2n) is 4.47. The second-order valence-corrected chi connectivity index (χ2v) is 4.47. The Morgan fingerprint density at radius 2 is 2.05 bits per heavy atom. The molecule has 0 unspecified atom stereocenters. The maximum atomic E-state index is 11.7. The van der Waals surface area contributed by atoms with Crippen molar-refractivity contribution in [3.05, 3.63) is 42.4 Å². The van der Waals surface area contributed by atoms with Crippen LogP contribution < -0.4 is 19.5 Å². The lowest BCUT2D eigenvalue weighted by Gasteiger charge is -2.06. The van der Waals surface area contributed by atoms with Gasteiger partial charge in [-0.25, -0.2) is 0 Å². The van der Waals surface area contributed by atoms with Crippen molar-refractivity contribution in [3.8, 4) is 17.2 Å². The molecule has 2 heterocycles. The van der Waals surface area contributed by atoms with Crippen LogP contribution in [0.1, 0.15) is 17.0 Å². The fourth-order valence-corrected chi connectivity index (χ4v) is 1.90. The fraction of sp³-hybridized carbons (Fsp3) is 0.200. The smallest absolute Gasteiger partial charge is 0.312 e. The van der Waals surface area contributed by atoms with Gasteiger partial charge in [-0.1, -0.05) is 0 Å². The number of amides is 1. The molecule has 0 fully saturated rings. The zero-order chi connectivity index (χ0) is 15.4. The fourth-order valence-electron chi connectivity index (χ4n) is 1.90. The Bertz CT molecular complexity index is 679. The lowest BCUT2D eigenvalue weighted by molar-refractivity contribution is -0.134. The third-order valence-electron chi connectivity index (χ3n) is 2.94. The minimum atomic E-state index is -0.460. The van der Waals surface area contributed by atoms with E-state index in [-0.39, 0.29) is 31.4 Å². The number of nitrogens with one attached hydrogen (secondary N) is 1. The van der Waals surface area contributed by atoms with Gasteiger partial charge in [-0.3, -0.25) is 9.59 Å². The molecule has 1 N–H and O–H groups in total. The minimum Gasteiger partial charge on any atom is -0.459 e. The highest BCUT2D eigenvalue weighted by atomic mass is 16.7. The van der Waals surface area contributed by atoms with Gasteiger partial charge in [0.1, 0.15) is 5.75 Å². The van der Waals surface area contributed by atoms with E-state index < -0.39 is 5.97 Å². The van der Waals surface area contributed by atoms with Gasteiger partial charge in [-0.05, 0) is 24.3 Å². The van der Waals surface area contributed by atoms with Gasteiger partial charge >= 0.3 is 5.97 Å². The molecule has 0 radical (unpaired) electrons. The number of furan rings is 1. The molecular weight excluding hydrogens is 290 g/mol. The molecule has 2 aromatic rings. The number of ether oxygens (including phenoxy) is 3. The number of fused-ring (bicyclic) bond motifs is 1. The molecule has 7 heteroatoms. The van der Waals surface area contributed by atoms with Crippen LogP contribution in [0.4, 0.5) is 0 Å². The van der Waals surface area contributed by atoms with Gasteiger partial charge in [0, 0.05) is 12.6 Å². The summed E-state index contributed by atoms with van der Waals surface area (Å²) in [5.41, 5.74) is 0. The molecule has 1 amide bonds. The van der Waals surface area contributed by atoms with Crippen LogP contribution in [-0.4, -0.2) is 25.2 Å². The quantitative estimate of drug-likeness (QED) is 0.668. The zero-order valence-electron chi connectivity index (χ0n) is 11.5. The molecule has 3 rings (SSSR count). The Morgan fingerprint density at radius 3 is 2.86 bits per heavy atom. The molecule has 1 aliphatic rings. The maximum absolute atomic E-state index is 11.7. The summed E-state index contributed by atoms with van der Waals surface area (Å²) in [4.78, 5) is 23.3. The Morgan fingerprint density at radius 1 is 1.18 bits per heavy atom. The SMILES string of the molecule is O=C(CCNC(=O)c1ccco1)Oc1ccc2c(c1)OCO2. The van der Waals surface area contributed by atoms with Crippen molar-refractivity contribution in [1.82, 2.24) is 5.32 Å². The first-order chi connectivity index (χ1) is 10.7. The van der Waals surface area contributed by atoms with E-state index in [2.05, 4.69) is 5.32 Å². The van der Waals surface area contributed by atoms with Crippen LogP contribution in [0.3, 0.4) is 0 Å². The lowest BCUT2D eigenvalue weighted by Crippen LogP contribution is -2.26. The molecule has 7 nitrogen and oxygen atoms in total. The van der Waals surface area contributed by atoms with Crippen LogP contribution in [-0.2, 0) is 4.79 Å². The minimum absolute atomic E-state index is 0.0426. The van der Waals surface area contributed by atoms with Gasteiger partial charge in [0.25, 0.3) is 5.91 Å². The summed E-state index contributed by atoms with van der Waals surface area (Å²) >= 11 is 0. The van der Waals surface area contributed by atoms with Crippen LogP contribution in [0.15, 0.2) is 41.0 Å². The molecule has 0 bridgehead atoms. The summed E-state index contributed by atoms with van der Waals surface area (Å²) < 4.78 is 20.5. The second kappa shape index (κ2) is 6.21. The zero-order valence-corrected chi connectivity index (χ0v) is 11.5. The Hall–Kier alpha value is -2.96. The van der Waals surface area contributed by atoms with E-state index in [9.17, 15) is 9.59 Å². The lowest BCUT2D eigenvalue weighted by atomic mass is 10.3. The van der Waals surface area contributed by atoms with E-state index in [4.69, 9.17) is 18.6 Å². The van der Waals surface area contributed by atoms with Crippen LogP contribution >= 0.6 is 0 Å². The summed E-state index contributed by atoms with van der Waals surface area (Å²) in [7, 11) is 0. The van der Waals surface area contributed by atoms with E-state index in [1.54, 1.807) is 30.3 Å². The number of rotatable bonds is 5. The molecule has 0 saturated heterocycles. The largest absolute Gasteiger partial charge is 0.459 e. The third kappa shape index (κ3) is 3.20. The molecule has 0 aliphatic carbocycles. The molecule has 1 aromatic carbocycles. The molecular formula is C15H13NO6. The molecule has 0 spiro atoms. The van der Waals surface area contributed by atoms with Gasteiger partial charge in [0.05, 0.1) is 12.7 Å². The maximum Gasteiger partial charge on any atom is 0.312 e. The normalized spacial score (nSPS) is 12.0. The predicted octanol–water partition coefficient (Wildman–Crippen LogP) is 1.73. The number of benzene rings is 1. The van der Waals surface area contributed by atoms with Crippen LogP contribution in [0.25, 0.3) is 0 Å². The summed E-state index contributed by atoms with van der Waals surface area (Å²) in [6.07, 6.45) is 1.45. The van der Waals surface area contributed by atoms with Crippen molar-refractivity contribution < 1.29 is 28.2 Å². The predicted molar refractivity (Wildman–Crippen MR) is 73.9 cm³/mol. The monoisotopic (exact) mass is 303 g/mol. The average Bonchev–Trinajstić information content (AvgIpc) is 3.18. The molecule has 1 aliphatic heterocycles. The standard InChI is InChI=1S/C15H13NO6/c17-14(5-6-16-15(18)12-2-1-7-19-12)22-10-3-4-11-13(8-10)21-9-20-11/h1-4,7-8H,5-6,9H2,(H,16,18). The van der Waals surface area contributed by atoms with Crippen LogP contribution in [0.2, 0.25) is 0 Å². The molecule has 114 valence electrons. The first-order valence-corrected chi connectivity index (χ1v) is 6.64. The summed E-state index contributed by atoms with van der Waals surface area (Å²) in [6, 6.07) is 8.03. The first-order valence-electron chi connectivity index (χ1n) is 6.64. The number of carbonyl (C=O) groups is 2. The topological polar surface area (TPSA) is 87.0 Å². The molecule has 0 atom stereocenters. The molecule has 0 saturated carbocycles. The first kappa shape index (κ1) is 14.0. The number of carbonyl (C=O) groups excluding carboxylic acids is 2. The van der Waals surface area contributed by atoms with Gasteiger partial charge in [0.2, 0.25) is 6.79 Å². The highest BCUT2D eigenvalue weighted by molar-refractivity contribution is 5.91. The number of esters is 1. The Kier molecular flexibility index (Phi) is 3.95.